The van der Waals surface area contributed by atoms with Crippen molar-refractivity contribution in [3.8, 4) is 6.07 Å². The van der Waals surface area contributed by atoms with Crippen molar-refractivity contribution in [1.29, 1.82) is 5.26 Å². The van der Waals surface area contributed by atoms with Crippen LogP contribution in [0, 0.1) is 11.3 Å². The number of fused-ring (bicyclic) bond motifs is 1. The lowest BCUT2D eigenvalue weighted by Gasteiger charge is -2.23. The number of aryl methyl sites for hydroxylation is 2. The van der Waals surface area contributed by atoms with Gasteiger partial charge in [-0.15, -0.1) is 0 Å². The van der Waals surface area contributed by atoms with Gasteiger partial charge in [0.2, 0.25) is 0 Å². The SMILES string of the molecule is CCc1nn(CCC#N)c2c1CN(C)CC2. The van der Waals surface area contributed by atoms with Crippen molar-refractivity contribution in [2.24, 2.45) is 0 Å². The molecular weight excluding hydrogens is 200 g/mol. The largest absolute Gasteiger partial charge is 0.302 e. The average Bonchev–Trinajstić information content (AvgIpc) is 2.63. The molecule has 0 spiro atoms. The zero-order chi connectivity index (χ0) is 11.5. The molecule has 0 atom stereocenters. The molecule has 1 aliphatic rings. The van der Waals surface area contributed by atoms with Crippen LogP contribution in [0.2, 0.25) is 0 Å². The maximum absolute atomic E-state index is 8.64. The maximum Gasteiger partial charge on any atom is 0.0669 e. The van der Waals surface area contributed by atoms with Gasteiger partial charge in [-0.05, 0) is 13.5 Å². The molecule has 0 fully saturated rings. The first-order valence-corrected chi connectivity index (χ1v) is 5.89. The van der Waals surface area contributed by atoms with Crippen LogP contribution in [-0.4, -0.2) is 28.3 Å². The van der Waals surface area contributed by atoms with E-state index in [0.717, 1.165) is 32.5 Å². The predicted octanol–water partition coefficient (Wildman–Crippen LogP) is 1.35. The minimum absolute atomic E-state index is 0.549. The summed E-state index contributed by atoms with van der Waals surface area (Å²) in [6.45, 7) is 4.98. The summed E-state index contributed by atoms with van der Waals surface area (Å²) >= 11 is 0. The average molecular weight is 218 g/mol. The van der Waals surface area contributed by atoms with E-state index >= 15 is 0 Å². The van der Waals surface area contributed by atoms with Crippen LogP contribution in [-0.2, 0) is 25.9 Å². The third-order valence-electron chi connectivity index (χ3n) is 3.18. The van der Waals surface area contributed by atoms with Crippen molar-refractivity contribution < 1.29 is 0 Å². The molecule has 0 saturated heterocycles. The molecular formula is C12H18N4. The van der Waals surface area contributed by atoms with E-state index in [1.165, 1.54) is 17.0 Å². The van der Waals surface area contributed by atoms with Crippen LogP contribution in [0.25, 0.3) is 0 Å². The lowest BCUT2D eigenvalue weighted by Crippen LogP contribution is -2.27. The maximum atomic E-state index is 8.64. The Kier molecular flexibility index (Phi) is 3.25. The molecule has 4 nitrogen and oxygen atoms in total. The topological polar surface area (TPSA) is 44.9 Å². The second kappa shape index (κ2) is 4.67. The second-order valence-corrected chi connectivity index (χ2v) is 4.34. The van der Waals surface area contributed by atoms with E-state index in [-0.39, 0.29) is 0 Å². The van der Waals surface area contributed by atoms with E-state index in [1.807, 2.05) is 4.68 Å². The van der Waals surface area contributed by atoms with Crippen LogP contribution in [0.3, 0.4) is 0 Å². The van der Waals surface area contributed by atoms with Gasteiger partial charge in [-0.3, -0.25) is 4.68 Å². The van der Waals surface area contributed by atoms with E-state index in [0.29, 0.717) is 6.42 Å². The van der Waals surface area contributed by atoms with Crippen LogP contribution in [0.4, 0.5) is 0 Å². The summed E-state index contributed by atoms with van der Waals surface area (Å²) in [5.41, 5.74) is 3.96. The van der Waals surface area contributed by atoms with E-state index in [4.69, 9.17) is 5.26 Å². The monoisotopic (exact) mass is 218 g/mol. The van der Waals surface area contributed by atoms with Gasteiger partial charge in [0.05, 0.1) is 24.7 Å². The van der Waals surface area contributed by atoms with Gasteiger partial charge in [0.25, 0.3) is 0 Å². The molecule has 0 saturated carbocycles. The minimum atomic E-state index is 0.549. The molecule has 0 N–H and O–H groups in total. The molecule has 1 aliphatic heterocycles. The molecule has 0 amide bonds. The Morgan fingerprint density at radius 1 is 1.50 bits per heavy atom. The van der Waals surface area contributed by atoms with Crippen molar-refractivity contribution in [2.45, 2.75) is 39.3 Å². The number of hydrogen-bond donors (Lipinski definition) is 0. The zero-order valence-corrected chi connectivity index (χ0v) is 10.0. The molecule has 1 aromatic heterocycles. The molecule has 86 valence electrons. The fourth-order valence-corrected chi connectivity index (χ4v) is 2.32. The number of aromatic nitrogens is 2. The van der Waals surface area contributed by atoms with Gasteiger partial charge < -0.3 is 4.90 Å². The van der Waals surface area contributed by atoms with Crippen LogP contribution in [0.5, 0.6) is 0 Å². The molecule has 0 bridgehead atoms. The Morgan fingerprint density at radius 3 is 3.00 bits per heavy atom. The first-order chi connectivity index (χ1) is 7.76. The fourth-order valence-electron chi connectivity index (χ4n) is 2.32. The van der Waals surface area contributed by atoms with Gasteiger partial charge in [-0.25, -0.2) is 0 Å². The summed E-state index contributed by atoms with van der Waals surface area (Å²) in [7, 11) is 2.15. The van der Waals surface area contributed by atoms with E-state index in [1.54, 1.807) is 0 Å². The highest BCUT2D eigenvalue weighted by atomic mass is 15.3. The quantitative estimate of drug-likeness (QED) is 0.769. The number of nitrogens with zero attached hydrogens (tertiary/aromatic N) is 4. The molecule has 4 heteroatoms. The number of rotatable bonds is 3. The highest BCUT2D eigenvalue weighted by molar-refractivity contribution is 5.28. The molecule has 0 aliphatic carbocycles. The minimum Gasteiger partial charge on any atom is -0.302 e. The molecule has 16 heavy (non-hydrogen) atoms. The second-order valence-electron chi connectivity index (χ2n) is 4.34. The number of hydrogen-bond acceptors (Lipinski definition) is 3. The Bertz CT molecular complexity index is 413. The summed E-state index contributed by atoms with van der Waals surface area (Å²) in [5, 5.41) is 13.3. The van der Waals surface area contributed by atoms with Crippen molar-refractivity contribution in [3.63, 3.8) is 0 Å². The Morgan fingerprint density at radius 2 is 2.31 bits per heavy atom. The van der Waals surface area contributed by atoms with Gasteiger partial charge >= 0.3 is 0 Å². The van der Waals surface area contributed by atoms with E-state index in [2.05, 4.69) is 30.0 Å². The molecule has 1 aromatic rings. The number of likely N-dealkylation sites (N-methyl/N-ethyl adjacent to an activating group) is 1. The number of nitriles is 1. The summed E-state index contributed by atoms with van der Waals surface area (Å²) in [6.07, 6.45) is 2.59. The molecule has 0 radical (unpaired) electrons. The fraction of sp³-hybridized carbons (Fsp3) is 0.667. The predicted molar refractivity (Wildman–Crippen MR) is 61.9 cm³/mol. The Labute approximate surface area is 96.5 Å². The zero-order valence-electron chi connectivity index (χ0n) is 10.0. The Hall–Kier alpha value is -1.34. The van der Waals surface area contributed by atoms with Crippen molar-refractivity contribution in [2.75, 3.05) is 13.6 Å². The van der Waals surface area contributed by atoms with Crippen LogP contribution in [0.15, 0.2) is 0 Å². The highest BCUT2D eigenvalue weighted by Crippen LogP contribution is 2.22. The van der Waals surface area contributed by atoms with Crippen molar-refractivity contribution in [3.05, 3.63) is 17.0 Å². The van der Waals surface area contributed by atoms with E-state index in [9.17, 15) is 0 Å². The normalized spacial score (nSPS) is 15.8. The van der Waals surface area contributed by atoms with Crippen LogP contribution in [0.1, 0.15) is 30.3 Å². The molecule has 2 rings (SSSR count). The summed E-state index contributed by atoms with van der Waals surface area (Å²) in [5.74, 6) is 0. The van der Waals surface area contributed by atoms with Gasteiger partial charge in [-0.2, -0.15) is 10.4 Å². The Balaban J connectivity index is 2.31. The first kappa shape index (κ1) is 11.2. The van der Waals surface area contributed by atoms with Crippen LogP contribution < -0.4 is 0 Å². The molecule has 0 aromatic carbocycles. The van der Waals surface area contributed by atoms with E-state index < -0.39 is 0 Å². The lowest BCUT2D eigenvalue weighted by molar-refractivity contribution is 0.307. The summed E-state index contributed by atoms with van der Waals surface area (Å²) in [4.78, 5) is 2.33. The third kappa shape index (κ3) is 1.96. The van der Waals surface area contributed by atoms with Gasteiger partial charge in [0.1, 0.15) is 0 Å². The van der Waals surface area contributed by atoms with Gasteiger partial charge in [0, 0.05) is 30.8 Å². The molecule has 2 heterocycles. The lowest BCUT2D eigenvalue weighted by atomic mass is 10.0. The third-order valence-corrected chi connectivity index (χ3v) is 3.18. The first-order valence-electron chi connectivity index (χ1n) is 5.89. The van der Waals surface area contributed by atoms with Crippen molar-refractivity contribution >= 4 is 0 Å². The van der Waals surface area contributed by atoms with Gasteiger partial charge in [-0.1, -0.05) is 6.92 Å². The van der Waals surface area contributed by atoms with Crippen molar-refractivity contribution in [1.82, 2.24) is 14.7 Å². The summed E-state index contributed by atoms with van der Waals surface area (Å²) in [6, 6.07) is 2.19. The molecule has 0 unspecified atom stereocenters. The van der Waals surface area contributed by atoms with Crippen LogP contribution >= 0.6 is 0 Å². The van der Waals surface area contributed by atoms with Gasteiger partial charge in [0.15, 0.2) is 0 Å². The smallest absolute Gasteiger partial charge is 0.0669 e. The highest BCUT2D eigenvalue weighted by Gasteiger charge is 2.21. The summed E-state index contributed by atoms with van der Waals surface area (Å²) < 4.78 is 2.05. The standard InChI is InChI=1S/C12H18N4/c1-3-11-10-9-15(2)8-5-12(10)16(14-11)7-4-6-13/h3-5,7-9H2,1-2H3.